The van der Waals surface area contributed by atoms with Crippen molar-refractivity contribution in [1.82, 2.24) is 5.32 Å². The van der Waals surface area contributed by atoms with Crippen LogP contribution in [0.3, 0.4) is 0 Å². The Morgan fingerprint density at radius 1 is 1.17 bits per heavy atom. The van der Waals surface area contributed by atoms with Gasteiger partial charge in [-0.05, 0) is 17.7 Å². The number of nitrogens with one attached hydrogen (secondary N) is 1. The van der Waals surface area contributed by atoms with Crippen molar-refractivity contribution in [2.24, 2.45) is 5.41 Å². The van der Waals surface area contributed by atoms with Gasteiger partial charge in [-0.15, -0.1) is 0 Å². The third-order valence-electron chi connectivity index (χ3n) is 3.44. The highest BCUT2D eigenvalue weighted by atomic mass is 19.4. The first kappa shape index (κ1) is 18.9. The summed E-state index contributed by atoms with van der Waals surface area (Å²) in [4.78, 5) is 22.9. The first-order chi connectivity index (χ1) is 10.4. The van der Waals surface area contributed by atoms with Crippen LogP contribution in [0.25, 0.3) is 0 Å². The van der Waals surface area contributed by atoms with Crippen molar-refractivity contribution in [3.05, 3.63) is 35.6 Å². The molecule has 0 aliphatic rings. The molecule has 8 heteroatoms. The maximum absolute atomic E-state index is 12.8. The average Bonchev–Trinajstić information content (AvgIpc) is 2.38. The fourth-order valence-corrected chi connectivity index (χ4v) is 1.82. The van der Waals surface area contributed by atoms with Crippen LogP contribution in [0.15, 0.2) is 24.3 Å². The van der Waals surface area contributed by atoms with Crippen molar-refractivity contribution in [3.8, 4) is 0 Å². The smallest absolute Gasteiger partial charge is 0.394 e. The fraction of sp³-hybridized carbons (Fsp3) is 0.467. The predicted octanol–water partition coefficient (Wildman–Crippen LogP) is 3.09. The molecule has 0 saturated heterocycles. The van der Waals surface area contributed by atoms with Gasteiger partial charge in [-0.25, -0.2) is 4.39 Å². The summed E-state index contributed by atoms with van der Waals surface area (Å²) < 4.78 is 51.0. The van der Waals surface area contributed by atoms with E-state index in [1.165, 1.54) is 12.1 Å². The zero-order valence-corrected chi connectivity index (χ0v) is 12.6. The van der Waals surface area contributed by atoms with Crippen LogP contribution in [0.4, 0.5) is 17.6 Å². The van der Waals surface area contributed by atoms with Crippen LogP contribution in [-0.4, -0.2) is 29.7 Å². The number of carboxylic acid groups (broad SMARTS) is 1. The monoisotopic (exact) mass is 335 g/mol. The number of hydrogen-bond acceptors (Lipinski definition) is 2. The highest BCUT2D eigenvalue weighted by molar-refractivity contribution is 5.80. The number of rotatable bonds is 6. The summed E-state index contributed by atoms with van der Waals surface area (Å²) in [7, 11) is 0. The average molecular weight is 335 g/mol. The van der Waals surface area contributed by atoms with Crippen LogP contribution < -0.4 is 5.32 Å². The summed E-state index contributed by atoms with van der Waals surface area (Å²) in [6, 6.07) is 4.64. The molecule has 1 atom stereocenters. The quantitative estimate of drug-likeness (QED) is 0.785. The van der Waals surface area contributed by atoms with Crippen LogP contribution in [0, 0.1) is 11.2 Å². The normalized spacial score (nSPS) is 13.5. The van der Waals surface area contributed by atoms with Gasteiger partial charge >= 0.3 is 12.1 Å². The van der Waals surface area contributed by atoms with Gasteiger partial charge < -0.3 is 10.4 Å². The zero-order valence-electron chi connectivity index (χ0n) is 12.6. The summed E-state index contributed by atoms with van der Waals surface area (Å²) >= 11 is 0. The van der Waals surface area contributed by atoms with Gasteiger partial charge in [0.1, 0.15) is 5.82 Å². The molecule has 0 radical (unpaired) electrons. The summed E-state index contributed by atoms with van der Waals surface area (Å²) in [5.74, 6) is -3.89. The van der Waals surface area contributed by atoms with E-state index in [4.69, 9.17) is 5.11 Å². The highest BCUT2D eigenvalue weighted by Gasteiger charge is 2.48. The number of hydrogen-bond donors (Lipinski definition) is 2. The van der Waals surface area contributed by atoms with Gasteiger partial charge in [0.15, 0.2) is 0 Å². The number of aliphatic carboxylic acids is 1. The van der Waals surface area contributed by atoms with E-state index < -0.39 is 41.6 Å². The molecular formula is C15H17F4NO3. The number of amides is 1. The molecule has 0 aromatic heterocycles. The molecule has 1 unspecified atom stereocenters. The van der Waals surface area contributed by atoms with E-state index in [2.05, 4.69) is 5.32 Å². The van der Waals surface area contributed by atoms with Crippen LogP contribution in [0.5, 0.6) is 0 Å². The lowest BCUT2D eigenvalue weighted by Crippen LogP contribution is -2.39. The maximum atomic E-state index is 12.8. The van der Waals surface area contributed by atoms with Crippen molar-refractivity contribution in [2.45, 2.75) is 32.4 Å². The molecule has 0 spiro atoms. The van der Waals surface area contributed by atoms with Gasteiger partial charge in [0.05, 0.1) is 11.3 Å². The first-order valence-corrected chi connectivity index (χ1v) is 6.76. The standard InChI is InChI=1S/C15H17F4NO3/c1-14(2,15(17,18)19)7-12(21)20-8-11(13(22)23)9-3-5-10(16)6-4-9/h3-6,11H,7-8H2,1-2H3,(H,20,21)(H,22,23). The Kier molecular flexibility index (Phi) is 5.74. The van der Waals surface area contributed by atoms with Crippen LogP contribution in [0.1, 0.15) is 31.7 Å². The Morgan fingerprint density at radius 3 is 2.13 bits per heavy atom. The van der Waals surface area contributed by atoms with Crippen LogP contribution in [0.2, 0.25) is 0 Å². The SMILES string of the molecule is CC(C)(CC(=O)NCC(C(=O)O)c1ccc(F)cc1)C(F)(F)F. The molecule has 128 valence electrons. The van der Waals surface area contributed by atoms with E-state index in [0.717, 1.165) is 26.0 Å². The van der Waals surface area contributed by atoms with Crippen molar-refractivity contribution in [3.63, 3.8) is 0 Å². The topological polar surface area (TPSA) is 66.4 Å². The summed E-state index contributed by atoms with van der Waals surface area (Å²) in [5.41, 5.74) is -1.97. The van der Waals surface area contributed by atoms with E-state index in [1.807, 2.05) is 0 Å². The Balaban J connectivity index is 2.71. The third-order valence-corrected chi connectivity index (χ3v) is 3.44. The maximum Gasteiger partial charge on any atom is 0.394 e. The van der Waals surface area contributed by atoms with Crippen molar-refractivity contribution < 1.29 is 32.3 Å². The van der Waals surface area contributed by atoms with E-state index in [-0.39, 0.29) is 12.1 Å². The summed E-state index contributed by atoms with van der Waals surface area (Å²) in [6.45, 7) is 1.40. The van der Waals surface area contributed by atoms with E-state index in [0.29, 0.717) is 0 Å². The van der Waals surface area contributed by atoms with Crippen molar-refractivity contribution in [2.75, 3.05) is 6.54 Å². The molecular weight excluding hydrogens is 318 g/mol. The molecule has 0 heterocycles. The largest absolute Gasteiger partial charge is 0.481 e. The number of carbonyl (C=O) groups is 2. The van der Waals surface area contributed by atoms with Crippen LogP contribution >= 0.6 is 0 Å². The minimum absolute atomic E-state index is 0.245. The Labute approximate surface area is 130 Å². The second kappa shape index (κ2) is 6.97. The molecule has 2 N–H and O–H groups in total. The molecule has 1 aromatic rings. The summed E-state index contributed by atoms with van der Waals surface area (Å²) in [6.07, 6.45) is -5.36. The second-order valence-electron chi connectivity index (χ2n) is 5.80. The van der Waals surface area contributed by atoms with Gasteiger partial charge in [-0.3, -0.25) is 9.59 Å². The molecule has 0 aliphatic heterocycles. The molecule has 1 amide bonds. The van der Waals surface area contributed by atoms with Gasteiger partial charge in [0.2, 0.25) is 5.91 Å². The molecule has 4 nitrogen and oxygen atoms in total. The van der Waals surface area contributed by atoms with Crippen molar-refractivity contribution in [1.29, 1.82) is 0 Å². The first-order valence-electron chi connectivity index (χ1n) is 6.76. The van der Waals surface area contributed by atoms with Crippen molar-refractivity contribution >= 4 is 11.9 Å². The van der Waals surface area contributed by atoms with Crippen LogP contribution in [-0.2, 0) is 9.59 Å². The van der Waals surface area contributed by atoms with Gasteiger partial charge in [0, 0.05) is 13.0 Å². The van der Waals surface area contributed by atoms with E-state index >= 15 is 0 Å². The number of carboxylic acids is 1. The molecule has 1 rings (SSSR count). The predicted molar refractivity (Wildman–Crippen MR) is 74.2 cm³/mol. The third kappa shape index (κ3) is 5.22. The minimum Gasteiger partial charge on any atom is -0.481 e. The zero-order chi connectivity index (χ0) is 17.8. The van der Waals surface area contributed by atoms with Gasteiger partial charge in [0.25, 0.3) is 0 Å². The van der Waals surface area contributed by atoms with Gasteiger partial charge in [-0.1, -0.05) is 26.0 Å². The second-order valence-corrected chi connectivity index (χ2v) is 5.80. The molecule has 1 aromatic carbocycles. The lowest BCUT2D eigenvalue weighted by molar-refractivity contribution is -0.213. The highest BCUT2D eigenvalue weighted by Crippen LogP contribution is 2.40. The summed E-state index contributed by atoms with van der Waals surface area (Å²) in [5, 5.41) is 11.3. The van der Waals surface area contributed by atoms with E-state index in [9.17, 15) is 27.2 Å². The Morgan fingerprint density at radius 2 is 1.70 bits per heavy atom. The molecule has 0 fully saturated rings. The Bertz CT molecular complexity index is 567. The Hall–Kier alpha value is -2.12. The molecule has 23 heavy (non-hydrogen) atoms. The minimum atomic E-state index is -4.55. The molecule has 0 saturated carbocycles. The van der Waals surface area contributed by atoms with E-state index in [1.54, 1.807) is 0 Å². The fourth-order valence-electron chi connectivity index (χ4n) is 1.82. The lowest BCUT2D eigenvalue weighted by Gasteiger charge is -2.27. The lowest BCUT2D eigenvalue weighted by atomic mass is 9.88. The molecule has 0 aliphatic carbocycles. The number of halogens is 4. The molecule has 0 bridgehead atoms. The number of carbonyl (C=O) groups excluding carboxylic acids is 1. The number of alkyl halides is 3. The number of benzene rings is 1. The van der Waals surface area contributed by atoms with Gasteiger partial charge in [-0.2, -0.15) is 13.2 Å².